The van der Waals surface area contributed by atoms with Gasteiger partial charge in [-0.15, -0.1) is 0 Å². The number of rotatable bonds is 16. The van der Waals surface area contributed by atoms with Crippen LogP contribution in [-0.4, -0.2) is 83.3 Å². The first kappa shape index (κ1) is 31.9. The minimum Gasteiger partial charge on any atom is -0.550 e. The molecule has 0 saturated carbocycles. The Morgan fingerprint density at radius 1 is 0.893 bits per heavy atom. The third kappa shape index (κ3) is 20.0. The average Bonchev–Trinajstić information content (AvgIpc) is 2.56. The van der Waals surface area contributed by atoms with E-state index >= 15 is 0 Å². The third-order valence-electron chi connectivity index (χ3n) is 3.75. The van der Waals surface area contributed by atoms with Crippen molar-refractivity contribution in [3.63, 3.8) is 0 Å². The van der Waals surface area contributed by atoms with E-state index in [1.54, 1.807) is 9.80 Å². The zero-order chi connectivity index (χ0) is 19.9. The summed E-state index contributed by atoms with van der Waals surface area (Å²) in [4.78, 5) is 35.5. The fraction of sp³-hybridized carbons (Fsp3) is 0.706. The van der Waals surface area contributed by atoms with Gasteiger partial charge < -0.3 is 34.9 Å². The van der Waals surface area contributed by atoms with E-state index in [1.807, 2.05) is 19.1 Å². The molecule has 1 unspecified atom stereocenters. The fourth-order valence-corrected chi connectivity index (χ4v) is 2.33. The predicted molar refractivity (Wildman–Crippen MR) is 89.8 cm³/mol. The second kappa shape index (κ2) is 19.5. The van der Waals surface area contributed by atoms with Crippen LogP contribution in [0, 0.1) is 0 Å². The van der Waals surface area contributed by atoms with Crippen LogP contribution in [0.15, 0.2) is 12.2 Å². The Bertz CT molecular complexity index is 460. The van der Waals surface area contributed by atoms with E-state index in [-0.39, 0.29) is 83.2 Å². The van der Waals surface area contributed by atoms with Crippen molar-refractivity contribution < 1.29 is 72.5 Å². The average molecular weight is 386 g/mol. The number of aliphatic hydroxyl groups excluding tert-OH is 1. The summed E-state index contributed by atoms with van der Waals surface area (Å²) in [5, 5.41) is 40.1. The number of carbonyl (C=O) groups excluding carboxylic acids is 2. The Balaban J connectivity index is -0.00000312. The summed E-state index contributed by atoms with van der Waals surface area (Å²) in [5.41, 5.74) is 0. The maximum atomic E-state index is 10.8. The molecule has 0 fully saturated rings. The van der Waals surface area contributed by atoms with Crippen LogP contribution in [0.5, 0.6) is 0 Å². The monoisotopic (exact) mass is 386 g/mol. The van der Waals surface area contributed by atoms with Crippen molar-refractivity contribution in [3.05, 3.63) is 12.2 Å². The standard InChI is InChI=1S/C17H30N2O7.2Li/c1-2-3-4-14(20)13-19(10-7-17(25)26)12-11-18(8-5-15(21)22)9-6-16(23)24;;/h2-3,14,20H,4-13H2,1H3,(H,21,22)(H,23,24)(H,25,26);;/q;2*+1/p-2/b3-2+;;. The van der Waals surface area contributed by atoms with E-state index in [0.29, 0.717) is 19.5 Å². The summed E-state index contributed by atoms with van der Waals surface area (Å²) in [5.74, 6) is -3.41. The van der Waals surface area contributed by atoms with E-state index in [4.69, 9.17) is 5.11 Å². The van der Waals surface area contributed by atoms with Gasteiger partial charge in [0.15, 0.2) is 0 Å². The van der Waals surface area contributed by atoms with Gasteiger partial charge in [0.05, 0.1) is 12.5 Å². The van der Waals surface area contributed by atoms with E-state index in [0.717, 1.165) is 0 Å². The summed E-state index contributed by atoms with van der Waals surface area (Å²) in [6.07, 6.45) is 2.87. The Morgan fingerprint density at radius 2 is 1.36 bits per heavy atom. The molecular formula is C17H28Li2N2O7. The molecule has 0 radical (unpaired) electrons. The number of aliphatic hydroxyl groups is 1. The second-order valence-electron chi connectivity index (χ2n) is 5.99. The summed E-state index contributed by atoms with van der Waals surface area (Å²) in [6.45, 7) is 3.31. The van der Waals surface area contributed by atoms with Crippen LogP contribution in [0.1, 0.15) is 32.6 Å². The molecular weight excluding hydrogens is 358 g/mol. The molecule has 9 nitrogen and oxygen atoms in total. The third-order valence-corrected chi connectivity index (χ3v) is 3.75. The molecule has 0 spiro atoms. The molecule has 2 N–H and O–H groups in total. The zero-order valence-electron chi connectivity index (χ0n) is 17.1. The van der Waals surface area contributed by atoms with Gasteiger partial charge in [-0.05, 0) is 26.2 Å². The van der Waals surface area contributed by atoms with Crippen molar-refractivity contribution in [2.24, 2.45) is 0 Å². The molecule has 0 rings (SSSR count). The van der Waals surface area contributed by atoms with Crippen LogP contribution in [-0.2, 0) is 14.4 Å². The zero-order valence-corrected chi connectivity index (χ0v) is 17.1. The van der Waals surface area contributed by atoms with E-state index in [9.17, 15) is 29.7 Å². The van der Waals surface area contributed by atoms with Crippen molar-refractivity contribution in [2.75, 3.05) is 39.3 Å². The molecule has 0 aromatic heterocycles. The van der Waals surface area contributed by atoms with Crippen LogP contribution in [0.2, 0.25) is 0 Å². The van der Waals surface area contributed by atoms with Gasteiger partial charge in [-0.3, -0.25) is 9.69 Å². The van der Waals surface area contributed by atoms with E-state index in [2.05, 4.69) is 0 Å². The summed E-state index contributed by atoms with van der Waals surface area (Å²) in [7, 11) is 0. The molecule has 0 aromatic carbocycles. The second-order valence-corrected chi connectivity index (χ2v) is 5.99. The number of carboxylic acids is 3. The van der Waals surface area contributed by atoms with Crippen LogP contribution >= 0.6 is 0 Å². The van der Waals surface area contributed by atoms with Crippen molar-refractivity contribution >= 4 is 17.9 Å². The Morgan fingerprint density at radius 3 is 1.79 bits per heavy atom. The van der Waals surface area contributed by atoms with Crippen LogP contribution < -0.4 is 47.9 Å². The molecule has 0 aliphatic rings. The van der Waals surface area contributed by atoms with Crippen molar-refractivity contribution in [3.8, 4) is 0 Å². The maximum absolute atomic E-state index is 10.8. The summed E-state index contributed by atoms with van der Waals surface area (Å²) >= 11 is 0. The minimum absolute atomic E-state index is 0. The smallest absolute Gasteiger partial charge is 0.550 e. The largest absolute Gasteiger partial charge is 1.00 e. The summed E-state index contributed by atoms with van der Waals surface area (Å²) in [6, 6.07) is 0. The van der Waals surface area contributed by atoms with Crippen molar-refractivity contribution in [2.45, 2.75) is 38.7 Å². The SMILES string of the molecule is C/C=C/CC(O)CN(CCC(=O)O)CCN(CCC(=O)[O-])CCC(=O)[O-].[Li+].[Li+]. The number of hydrogen-bond acceptors (Lipinski definition) is 8. The van der Waals surface area contributed by atoms with Crippen LogP contribution in [0.3, 0.4) is 0 Å². The van der Waals surface area contributed by atoms with Crippen molar-refractivity contribution in [1.82, 2.24) is 9.80 Å². The summed E-state index contributed by atoms with van der Waals surface area (Å²) < 4.78 is 0. The van der Waals surface area contributed by atoms with Gasteiger partial charge >= 0.3 is 43.7 Å². The molecule has 0 amide bonds. The van der Waals surface area contributed by atoms with E-state index in [1.165, 1.54) is 0 Å². The Hall–Kier alpha value is -0.775. The molecule has 0 heterocycles. The van der Waals surface area contributed by atoms with Gasteiger partial charge in [0.2, 0.25) is 0 Å². The van der Waals surface area contributed by atoms with E-state index < -0.39 is 24.0 Å². The van der Waals surface area contributed by atoms with Gasteiger partial charge in [0.25, 0.3) is 0 Å². The molecule has 0 aliphatic carbocycles. The maximum Gasteiger partial charge on any atom is 1.00 e. The number of nitrogens with zero attached hydrogens (tertiary/aromatic N) is 2. The molecule has 0 bridgehead atoms. The molecule has 0 aromatic rings. The van der Waals surface area contributed by atoms with Gasteiger partial charge in [-0.2, -0.15) is 0 Å². The van der Waals surface area contributed by atoms with Crippen molar-refractivity contribution in [1.29, 1.82) is 0 Å². The number of hydrogen-bond donors (Lipinski definition) is 2. The van der Waals surface area contributed by atoms with Crippen LogP contribution in [0.25, 0.3) is 0 Å². The first-order chi connectivity index (χ1) is 12.2. The van der Waals surface area contributed by atoms with Gasteiger partial charge in [0, 0.05) is 51.2 Å². The van der Waals surface area contributed by atoms with Gasteiger partial charge in [-0.25, -0.2) is 0 Å². The molecule has 1 atom stereocenters. The van der Waals surface area contributed by atoms with Crippen LogP contribution in [0.4, 0.5) is 0 Å². The molecule has 28 heavy (non-hydrogen) atoms. The number of aliphatic carboxylic acids is 3. The first-order valence-corrected chi connectivity index (χ1v) is 8.60. The van der Waals surface area contributed by atoms with Gasteiger partial charge in [-0.1, -0.05) is 12.2 Å². The molecule has 11 heteroatoms. The Kier molecular flexibility index (Phi) is 22.3. The minimum atomic E-state index is -1.23. The normalized spacial score (nSPS) is 11.9. The Labute approximate surface area is 190 Å². The topological polar surface area (TPSA) is 144 Å². The predicted octanol–water partition coefficient (Wildman–Crippen LogP) is -8.32. The first-order valence-electron chi connectivity index (χ1n) is 8.60. The number of carboxylic acid groups (broad SMARTS) is 3. The number of carbonyl (C=O) groups is 3. The fourth-order valence-electron chi connectivity index (χ4n) is 2.33. The number of allylic oxidation sites excluding steroid dienone is 1. The quantitative estimate of drug-likeness (QED) is 0.195. The molecule has 0 aliphatic heterocycles. The van der Waals surface area contributed by atoms with Gasteiger partial charge in [0.1, 0.15) is 0 Å². The molecule has 0 saturated heterocycles. The molecule has 150 valence electrons.